The number of rotatable bonds is 8. The second kappa shape index (κ2) is 11.9. The molecule has 1 aliphatic rings. The first-order chi connectivity index (χ1) is 20.1. The van der Waals surface area contributed by atoms with E-state index in [0.29, 0.717) is 41.4 Å². The van der Waals surface area contributed by atoms with Crippen LogP contribution in [0.4, 0.5) is 27.3 Å². The molecule has 2 aromatic carbocycles. The van der Waals surface area contributed by atoms with Crippen LogP contribution in [0.1, 0.15) is 29.8 Å². The molecule has 0 atom stereocenters. The fraction of sp³-hybridized carbons (Fsp3) is 0.233. The summed E-state index contributed by atoms with van der Waals surface area (Å²) in [4.78, 5) is 43.5. The molecule has 0 radical (unpaired) electrons. The molecule has 3 heterocycles. The molecule has 0 spiro atoms. The van der Waals surface area contributed by atoms with Gasteiger partial charge in [0.25, 0.3) is 11.5 Å². The Morgan fingerprint density at radius 2 is 1.86 bits per heavy atom. The van der Waals surface area contributed by atoms with E-state index in [-0.39, 0.29) is 30.4 Å². The zero-order valence-corrected chi connectivity index (χ0v) is 23.1. The number of hydrogen-bond acceptors (Lipinski definition) is 8. The maximum absolute atomic E-state index is 14.7. The van der Waals surface area contributed by atoms with Crippen LogP contribution < -0.4 is 26.4 Å². The van der Waals surface area contributed by atoms with Gasteiger partial charge in [-0.2, -0.15) is 5.10 Å². The first-order valence-electron chi connectivity index (χ1n) is 13.3. The van der Waals surface area contributed by atoms with Gasteiger partial charge in [-0.15, -0.1) is 0 Å². The van der Waals surface area contributed by atoms with Crippen molar-refractivity contribution in [2.75, 3.05) is 41.8 Å². The number of aromatic amines is 1. The van der Waals surface area contributed by atoms with Crippen LogP contribution >= 0.6 is 0 Å². The minimum absolute atomic E-state index is 0.0473. The van der Waals surface area contributed by atoms with E-state index in [1.54, 1.807) is 47.5 Å². The van der Waals surface area contributed by atoms with Crippen LogP contribution in [0, 0.1) is 5.82 Å². The van der Waals surface area contributed by atoms with Crippen LogP contribution in [0.2, 0.25) is 0 Å². The summed E-state index contributed by atoms with van der Waals surface area (Å²) < 4.78 is 14.7. The summed E-state index contributed by atoms with van der Waals surface area (Å²) in [5, 5.41) is 24.6. The highest BCUT2D eigenvalue weighted by molar-refractivity contribution is 6.04. The first kappa shape index (κ1) is 28.6. The van der Waals surface area contributed by atoms with E-state index in [0.717, 1.165) is 5.56 Å². The minimum atomic E-state index is -0.639. The summed E-state index contributed by atoms with van der Waals surface area (Å²) >= 11 is 0. The molecule has 2 amide bonds. The van der Waals surface area contributed by atoms with Crippen LogP contribution in [-0.4, -0.2) is 58.3 Å². The Labute approximate surface area is 240 Å². The molecule has 4 aromatic rings. The number of halogens is 1. The Hall–Kier alpha value is -4.94. The van der Waals surface area contributed by atoms with Crippen molar-refractivity contribution in [3.05, 3.63) is 94.2 Å². The molecule has 1 saturated heterocycles. The number of nitrogens with zero attached hydrogens (tertiary/aromatic N) is 3. The van der Waals surface area contributed by atoms with Gasteiger partial charge in [-0.1, -0.05) is 26.0 Å². The van der Waals surface area contributed by atoms with Gasteiger partial charge < -0.3 is 26.0 Å². The van der Waals surface area contributed by atoms with Gasteiger partial charge in [0.05, 0.1) is 36.4 Å². The number of H-pyrrole nitrogens is 1. The largest absolute Gasteiger partial charge is 0.395 e. The smallest absolute Gasteiger partial charge is 0.287 e. The SMILES string of the molecule is CC(C)(CO)c1ccc(C(=O)Nc2cc(-c3cc(Nc4ccc(N5CCNCC5=O)cn4)c(=O)[nH]n3)ccc2F)cc1. The zero-order valence-electron chi connectivity index (χ0n) is 23.1. The van der Waals surface area contributed by atoms with Crippen LogP contribution in [0.15, 0.2) is 71.7 Å². The predicted octanol–water partition coefficient (Wildman–Crippen LogP) is 3.17. The molecule has 11 nitrogen and oxygen atoms in total. The van der Waals surface area contributed by atoms with Gasteiger partial charge >= 0.3 is 0 Å². The van der Waals surface area contributed by atoms with E-state index in [4.69, 9.17) is 0 Å². The van der Waals surface area contributed by atoms with Crippen molar-refractivity contribution in [3.8, 4) is 11.3 Å². The van der Waals surface area contributed by atoms with Gasteiger partial charge in [-0.05, 0) is 54.1 Å². The number of carbonyl (C=O) groups excluding carboxylic acids is 2. The fourth-order valence-electron chi connectivity index (χ4n) is 4.42. The quantitative estimate of drug-likeness (QED) is 0.216. The zero-order chi connectivity index (χ0) is 29.9. The third-order valence-electron chi connectivity index (χ3n) is 7.05. The molecule has 5 rings (SSSR count). The maximum Gasteiger partial charge on any atom is 0.287 e. The molecule has 0 unspecified atom stereocenters. The van der Waals surface area contributed by atoms with Crippen molar-refractivity contribution in [2.24, 2.45) is 0 Å². The van der Waals surface area contributed by atoms with Crippen molar-refractivity contribution in [1.29, 1.82) is 0 Å². The third-order valence-corrected chi connectivity index (χ3v) is 7.05. The van der Waals surface area contributed by atoms with E-state index >= 15 is 0 Å². The van der Waals surface area contributed by atoms with Gasteiger partial charge in [0.1, 0.15) is 17.3 Å². The van der Waals surface area contributed by atoms with Gasteiger partial charge in [0, 0.05) is 29.6 Å². The summed E-state index contributed by atoms with van der Waals surface area (Å²) in [6.45, 7) is 5.22. The summed E-state index contributed by atoms with van der Waals surface area (Å²) in [5.74, 6) is -0.813. The van der Waals surface area contributed by atoms with Crippen LogP contribution in [0.3, 0.4) is 0 Å². The number of carbonyl (C=O) groups is 2. The normalized spacial score (nSPS) is 13.6. The molecular weight excluding hydrogens is 541 g/mol. The van der Waals surface area contributed by atoms with Crippen molar-refractivity contribution in [2.45, 2.75) is 19.3 Å². The Balaban J connectivity index is 1.33. The van der Waals surface area contributed by atoms with Gasteiger partial charge in [-0.25, -0.2) is 14.5 Å². The lowest BCUT2D eigenvalue weighted by Gasteiger charge is -2.27. The molecule has 216 valence electrons. The molecule has 42 heavy (non-hydrogen) atoms. The van der Waals surface area contributed by atoms with Gasteiger partial charge in [0.15, 0.2) is 0 Å². The highest BCUT2D eigenvalue weighted by Gasteiger charge is 2.21. The Kier molecular flexibility index (Phi) is 8.09. The predicted molar refractivity (Wildman–Crippen MR) is 158 cm³/mol. The van der Waals surface area contributed by atoms with E-state index in [9.17, 15) is 23.9 Å². The Morgan fingerprint density at radius 1 is 1.07 bits per heavy atom. The van der Waals surface area contributed by atoms with E-state index < -0.39 is 22.7 Å². The van der Waals surface area contributed by atoms with Gasteiger partial charge in [-0.3, -0.25) is 14.4 Å². The van der Waals surface area contributed by atoms with Crippen molar-refractivity contribution < 1.29 is 19.1 Å². The number of nitrogens with one attached hydrogen (secondary N) is 4. The summed E-state index contributed by atoms with van der Waals surface area (Å²) in [6.07, 6.45) is 1.55. The number of pyridine rings is 1. The second-order valence-corrected chi connectivity index (χ2v) is 10.5. The lowest BCUT2D eigenvalue weighted by Crippen LogP contribution is -2.48. The molecule has 12 heteroatoms. The molecule has 0 aliphatic carbocycles. The minimum Gasteiger partial charge on any atom is -0.395 e. The number of anilines is 4. The van der Waals surface area contributed by atoms with Crippen LogP contribution in [0.5, 0.6) is 0 Å². The molecule has 0 bridgehead atoms. The fourth-order valence-corrected chi connectivity index (χ4v) is 4.42. The first-order valence-corrected chi connectivity index (χ1v) is 13.3. The molecular formula is C30H30FN7O4. The molecule has 2 aromatic heterocycles. The third kappa shape index (κ3) is 6.19. The molecule has 1 aliphatic heterocycles. The second-order valence-electron chi connectivity index (χ2n) is 10.5. The number of aromatic nitrogens is 3. The van der Waals surface area contributed by atoms with E-state index in [2.05, 4.69) is 31.1 Å². The van der Waals surface area contributed by atoms with E-state index in [1.807, 2.05) is 13.8 Å². The average molecular weight is 572 g/mol. The standard InChI is InChI=1S/C30H30FN7O4/c1-30(2,17-39)20-6-3-18(4-7-20)28(41)35-24-13-19(5-9-22(24)31)23-14-25(29(42)37-36-23)34-26-10-8-21(15-33-26)38-12-11-32-16-27(38)40/h3-10,13-15,32,39H,11-12,16-17H2,1-2H3,(H,35,41)(H,37,42)(H,33,34,36). The monoisotopic (exact) mass is 571 g/mol. The highest BCUT2D eigenvalue weighted by Crippen LogP contribution is 2.27. The van der Waals surface area contributed by atoms with Crippen molar-refractivity contribution in [3.63, 3.8) is 0 Å². The summed E-state index contributed by atoms with van der Waals surface area (Å²) in [7, 11) is 0. The summed E-state index contributed by atoms with van der Waals surface area (Å²) in [5.41, 5.74) is 1.76. The lowest BCUT2D eigenvalue weighted by atomic mass is 9.85. The Morgan fingerprint density at radius 3 is 2.55 bits per heavy atom. The number of aliphatic hydroxyl groups excluding tert-OH is 1. The Bertz CT molecular complexity index is 1670. The maximum atomic E-state index is 14.7. The average Bonchev–Trinajstić information content (AvgIpc) is 3.00. The van der Waals surface area contributed by atoms with Crippen molar-refractivity contribution in [1.82, 2.24) is 20.5 Å². The van der Waals surface area contributed by atoms with E-state index in [1.165, 1.54) is 24.3 Å². The molecule has 1 fully saturated rings. The topological polar surface area (TPSA) is 152 Å². The molecule has 5 N–H and O–H groups in total. The van der Waals surface area contributed by atoms with Crippen molar-refractivity contribution >= 4 is 34.7 Å². The van der Waals surface area contributed by atoms with Gasteiger partial charge in [0.2, 0.25) is 5.91 Å². The number of benzene rings is 2. The summed E-state index contributed by atoms with van der Waals surface area (Å²) in [6, 6.07) is 15.8. The number of hydrogen-bond donors (Lipinski definition) is 5. The lowest BCUT2D eigenvalue weighted by molar-refractivity contribution is -0.118. The van der Waals surface area contributed by atoms with Crippen LogP contribution in [0.25, 0.3) is 11.3 Å². The van der Waals surface area contributed by atoms with Crippen LogP contribution in [-0.2, 0) is 10.2 Å². The highest BCUT2D eigenvalue weighted by atomic mass is 19.1. The number of piperazine rings is 1. The molecule has 0 saturated carbocycles. The number of amides is 2. The number of aliphatic hydroxyl groups is 1.